The molecule has 0 atom stereocenters. The van der Waals surface area contributed by atoms with E-state index in [1.807, 2.05) is 0 Å². The zero-order valence-electron chi connectivity index (χ0n) is 6.77. The van der Waals surface area contributed by atoms with Gasteiger partial charge in [-0.05, 0) is 34.2 Å². The average Bonchev–Trinajstić information content (AvgIpc) is 2.14. The number of halogens is 3. The summed E-state index contributed by atoms with van der Waals surface area (Å²) in [5, 5.41) is 2.50. The molecule has 0 radical (unpaired) electrons. The minimum absolute atomic E-state index is 0.0428. The molecule has 0 spiro atoms. The Labute approximate surface area is 92.8 Å². The van der Waals surface area contributed by atoms with E-state index in [0.29, 0.717) is 0 Å². The SMILES string of the molecule is NNC(=S)Nc1cc(Br)c(F)cc1F. The summed E-state index contributed by atoms with van der Waals surface area (Å²) >= 11 is 7.57. The first kappa shape index (κ1) is 11.3. The molecule has 1 aromatic carbocycles. The smallest absolute Gasteiger partial charge is 0.185 e. The molecule has 0 aromatic heterocycles. The average molecular weight is 282 g/mol. The van der Waals surface area contributed by atoms with Gasteiger partial charge in [-0.2, -0.15) is 0 Å². The van der Waals surface area contributed by atoms with Gasteiger partial charge in [0, 0.05) is 6.07 Å². The predicted octanol–water partition coefficient (Wildman–Crippen LogP) is 1.89. The van der Waals surface area contributed by atoms with E-state index in [9.17, 15) is 8.78 Å². The third-order valence-electron chi connectivity index (χ3n) is 1.39. The zero-order valence-corrected chi connectivity index (χ0v) is 9.18. The molecule has 0 aliphatic heterocycles. The van der Waals surface area contributed by atoms with E-state index in [0.717, 1.165) is 6.07 Å². The molecule has 0 aliphatic rings. The molecule has 3 nitrogen and oxygen atoms in total. The Morgan fingerprint density at radius 1 is 1.36 bits per heavy atom. The topological polar surface area (TPSA) is 50.1 Å². The van der Waals surface area contributed by atoms with Crippen molar-refractivity contribution in [1.82, 2.24) is 5.43 Å². The maximum absolute atomic E-state index is 13.1. The van der Waals surface area contributed by atoms with Gasteiger partial charge in [0.1, 0.15) is 11.6 Å². The number of anilines is 1. The maximum atomic E-state index is 13.1. The number of rotatable bonds is 1. The van der Waals surface area contributed by atoms with E-state index in [-0.39, 0.29) is 15.3 Å². The predicted molar refractivity (Wildman–Crippen MR) is 57.6 cm³/mol. The van der Waals surface area contributed by atoms with Crippen molar-refractivity contribution in [2.45, 2.75) is 0 Å². The molecule has 7 heteroatoms. The van der Waals surface area contributed by atoms with Crippen LogP contribution in [0.25, 0.3) is 0 Å². The van der Waals surface area contributed by atoms with Crippen LogP contribution in [-0.4, -0.2) is 5.11 Å². The lowest BCUT2D eigenvalue weighted by atomic mass is 10.3. The second-order valence-electron chi connectivity index (χ2n) is 2.34. The van der Waals surface area contributed by atoms with Gasteiger partial charge < -0.3 is 10.7 Å². The van der Waals surface area contributed by atoms with Crippen molar-refractivity contribution in [2.75, 3.05) is 5.32 Å². The van der Waals surface area contributed by atoms with Gasteiger partial charge in [-0.15, -0.1) is 0 Å². The molecule has 0 bridgehead atoms. The van der Waals surface area contributed by atoms with Crippen molar-refractivity contribution in [3.63, 3.8) is 0 Å². The summed E-state index contributed by atoms with van der Waals surface area (Å²) in [5.74, 6) is 3.55. The van der Waals surface area contributed by atoms with E-state index in [2.05, 4.69) is 38.9 Å². The van der Waals surface area contributed by atoms with Gasteiger partial charge in [0.05, 0.1) is 10.2 Å². The Bertz CT molecular complexity index is 372. The van der Waals surface area contributed by atoms with Crippen LogP contribution in [0.15, 0.2) is 16.6 Å². The summed E-state index contributed by atoms with van der Waals surface area (Å²) in [4.78, 5) is 0. The van der Waals surface area contributed by atoms with E-state index in [1.54, 1.807) is 0 Å². The molecule has 0 saturated heterocycles. The van der Waals surface area contributed by atoms with Crippen LogP contribution in [0.1, 0.15) is 0 Å². The van der Waals surface area contributed by atoms with Gasteiger partial charge in [0.25, 0.3) is 0 Å². The van der Waals surface area contributed by atoms with E-state index in [1.165, 1.54) is 6.07 Å². The molecule has 0 aliphatic carbocycles. The number of nitrogens with one attached hydrogen (secondary N) is 2. The van der Waals surface area contributed by atoms with E-state index >= 15 is 0 Å². The Balaban J connectivity index is 2.98. The highest BCUT2D eigenvalue weighted by atomic mass is 79.9. The highest BCUT2D eigenvalue weighted by molar-refractivity contribution is 9.10. The highest BCUT2D eigenvalue weighted by Crippen LogP contribution is 2.23. The summed E-state index contributed by atoms with van der Waals surface area (Å²) in [5.41, 5.74) is 2.16. The largest absolute Gasteiger partial charge is 0.329 e. The number of nitrogens with two attached hydrogens (primary N) is 1. The van der Waals surface area contributed by atoms with Crippen molar-refractivity contribution in [2.24, 2.45) is 5.84 Å². The first-order valence-corrected chi connectivity index (χ1v) is 4.67. The fourth-order valence-corrected chi connectivity index (χ4v) is 1.23. The summed E-state index contributed by atoms with van der Waals surface area (Å²) < 4.78 is 26.0. The van der Waals surface area contributed by atoms with Crippen LogP contribution in [0, 0.1) is 11.6 Å². The van der Waals surface area contributed by atoms with Crippen LogP contribution in [0.4, 0.5) is 14.5 Å². The number of hydrogen-bond donors (Lipinski definition) is 3. The van der Waals surface area contributed by atoms with Crippen molar-refractivity contribution in [1.29, 1.82) is 0 Å². The summed E-state index contributed by atoms with van der Waals surface area (Å²) in [7, 11) is 0. The van der Waals surface area contributed by atoms with Crippen LogP contribution < -0.4 is 16.6 Å². The van der Waals surface area contributed by atoms with E-state index < -0.39 is 11.6 Å². The van der Waals surface area contributed by atoms with Crippen molar-refractivity contribution in [3.05, 3.63) is 28.2 Å². The lowest BCUT2D eigenvalue weighted by Gasteiger charge is -2.08. The number of thiocarbonyl (C=S) groups is 1. The van der Waals surface area contributed by atoms with Gasteiger partial charge in [0.15, 0.2) is 5.11 Å². The lowest BCUT2D eigenvalue weighted by molar-refractivity contribution is 0.581. The molecule has 0 unspecified atom stereocenters. The molecule has 0 saturated carbocycles. The van der Waals surface area contributed by atoms with Gasteiger partial charge in [-0.3, -0.25) is 0 Å². The van der Waals surface area contributed by atoms with Crippen LogP contribution in [-0.2, 0) is 0 Å². The van der Waals surface area contributed by atoms with Crippen molar-refractivity contribution in [3.8, 4) is 0 Å². The summed E-state index contributed by atoms with van der Waals surface area (Å²) in [6.07, 6.45) is 0. The van der Waals surface area contributed by atoms with E-state index in [4.69, 9.17) is 5.84 Å². The first-order valence-electron chi connectivity index (χ1n) is 3.46. The Morgan fingerprint density at radius 3 is 2.57 bits per heavy atom. The van der Waals surface area contributed by atoms with Gasteiger partial charge in [0.2, 0.25) is 0 Å². The normalized spacial score (nSPS) is 9.71. The van der Waals surface area contributed by atoms with Gasteiger partial charge in [-0.1, -0.05) is 0 Å². The molecule has 1 aromatic rings. The Hall–Kier alpha value is -0.790. The Morgan fingerprint density at radius 2 is 2.00 bits per heavy atom. The fraction of sp³-hybridized carbons (Fsp3) is 0. The summed E-state index contributed by atoms with van der Waals surface area (Å²) in [6.45, 7) is 0. The molecule has 14 heavy (non-hydrogen) atoms. The molecule has 0 heterocycles. The van der Waals surface area contributed by atoms with Crippen molar-refractivity contribution >= 4 is 38.9 Å². The molecule has 0 fully saturated rings. The minimum Gasteiger partial charge on any atom is -0.329 e. The summed E-state index contributed by atoms with van der Waals surface area (Å²) in [6, 6.07) is 1.97. The van der Waals surface area contributed by atoms with Gasteiger partial charge >= 0.3 is 0 Å². The Kier molecular flexibility index (Phi) is 3.73. The number of hydrogen-bond acceptors (Lipinski definition) is 2. The molecule has 0 amide bonds. The molecular formula is C7H6BrF2N3S. The van der Waals surface area contributed by atoms with Crippen LogP contribution >= 0.6 is 28.1 Å². The molecule has 4 N–H and O–H groups in total. The molecule has 1 rings (SSSR count). The number of benzene rings is 1. The maximum Gasteiger partial charge on any atom is 0.185 e. The lowest BCUT2D eigenvalue weighted by Crippen LogP contribution is -2.34. The monoisotopic (exact) mass is 281 g/mol. The highest BCUT2D eigenvalue weighted by Gasteiger charge is 2.08. The quantitative estimate of drug-likeness (QED) is 0.319. The standard InChI is InChI=1S/C7H6BrF2N3S/c8-3-1-6(12-7(14)13-11)5(10)2-4(3)9/h1-2H,11H2,(H2,12,13,14). The third kappa shape index (κ3) is 2.60. The van der Waals surface area contributed by atoms with Crippen molar-refractivity contribution < 1.29 is 8.78 Å². The van der Waals surface area contributed by atoms with Crippen LogP contribution in [0.5, 0.6) is 0 Å². The first-order chi connectivity index (χ1) is 6.54. The fourth-order valence-electron chi connectivity index (χ4n) is 0.777. The molecule has 76 valence electrons. The molecular weight excluding hydrogens is 276 g/mol. The third-order valence-corrected chi connectivity index (χ3v) is 2.22. The van der Waals surface area contributed by atoms with Crippen LogP contribution in [0.2, 0.25) is 0 Å². The second-order valence-corrected chi connectivity index (χ2v) is 3.61. The van der Waals surface area contributed by atoms with Gasteiger partial charge in [-0.25, -0.2) is 14.6 Å². The minimum atomic E-state index is -0.747. The number of hydrazine groups is 1. The zero-order chi connectivity index (χ0) is 10.7. The second kappa shape index (κ2) is 4.63. The van der Waals surface area contributed by atoms with Crippen LogP contribution in [0.3, 0.4) is 0 Å².